The Morgan fingerprint density at radius 2 is 1.61 bits per heavy atom. The van der Waals surface area contributed by atoms with Crippen LogP contribution in [0.5, 0.6) is 0 Å². The van der Waals surface area contributed by atoms with Crippen molar-refractivity contribution in [3.05, 3.63) is 64.2 Å². The molecule has 0 aliphatic carbocycles. The summed E-state index contributed by atoms with van der Waals surface area (Å²) in [5, 5.41) is 14.4. The summed E-state index contributed by atoms with van der Waals surface area (Å²) in [7, 11) is 0. The van der Waals surface area contributed by atoms with Crippen LogP contribution < -0.4 is 5.01 Å². The largest absolute Gasteiger partial charge is 0.273 e. The van der Waals surface area contributed by atoms with Crippen LogP contribution in [0.2, 0.25) is 0 Å². The Labute approximate surface area is 134 Å². The van der Waals surface area contributed by atoms with Crippen LogP contribution in [0, 0.1) is 17.0 Å². The number of nitro benzene ring substituents is 1. The Balaban J connectivity index is 2.02. The minimum absolute atomic E-state index is 0.0327. The van der Waals surface area contributed by atoms with Crippen molar-refractivity contribution in [3.63, 3.8) is 0 Å². The van der Waals surface area contributed by atoms with Crippen molar-refractivity contribution in [3.8, 4) is 0 Å². The summed E-state index contributed by atoms with van der Waals surface area (Å²) in [6.45, 7) is 2.64. The number of rotatable bonds is 4. The zero-order valence-corrected chi connectivity index (χ0v) is 12.8. The Bertz CT molecular complexity index is 726. The highest BCUT2D eigenvalue weighted by Gasteiger charge is 2.28. The third-order valence-electron chi connectivity index (χ3n) is 3.87. The van der Waals surface area contributed by atoms with Gasteiger partial charge in [-0.15, -0.1) is 0 Å². The molecule has 6 nitrogen and oxygen atoms in total. The van der Waals surface area contributed by atoms with Gasteiger partial charge in [0.25, 0.3) is 5.69 Å². The lowest BCUT2D eigenvalue weighted by Crippen LogP contribution is -2.40. The molecule has 1 saturated heterocycles. The lowest BCUT2D eigenvalue weighted by Gasteiger charge is -2.33. The fraction of sp³-hybridized carbons (Fsp3) is 0.235. The number of anilines is 2. The first-order valence-corrected chi connectivity index (χ1v) is 7.48. The predicted octanol–water partition coefficient (Wildman–Crippen LogP) is 3.58. The number of carbonyl (C=O) groups is 1. The maximum Gasteiger partial charge on any atom is 0.269 e. The van der Waals surface area contributed by atoms with Crippen molar-refractivity contribution in [2.45, 2.75) is 19.8 Å². The summed E-state index contributed by atoms with van der Waals surface area (Å²) >= 11 is 0. The molecule has 0 atom stereocenters. The number of hydrogen-bond donors (Lipinski definition) is 0. The Kier molecular flexibility index (Phi) is 3.97. The van der Waals surface area contributed by atoms with E-state index in [1.807, 2.05) is 36.2 Å². The molecule has 0 spiro atoms. The van der Waals surface area contributed by atoms with E-state index >= 15 is 0 Å². The van der Waals surface area contributed by atoms with Gasteiger partial charge in [0.15, 0.2) is 0 Å². The average molecular weight is 311 g/mol. The number of nitrogens with zero attached hydrogens (tertiary/aromatic N) is 3. The first kappa shape index (κ1) is 15.0. The van der Waals surface area contributed by atoms with Crippen LogP contribution in [-0.4, -0.2) is 22.4 Å². The van der Waals surface area contributed by atoms with Crippen LogP contribution in [0.25, 0.3) is 0 Å². The maximum atomic E-state index is 12.2. The van der Waals surface area contributed by atoms with Gasteiger partial charge in [0.05, 0.1) is 16.3 Å². The van der Waals surface area contributed by atoms with E-state index in [2.05, 4.69) is 0 Å². The zero-order valence-electron chi connectivity index (χ0n) is 12.8. The average Bonchev–Trinajstić information content (AvgIpc) is 2.96. The van der Waals surface area contributed by atoms with Crippen LogP contribution in [0.4, 0.5) is 17.1 Å². The first-order chi connectivity index (χ1) is 11.1. The zero-order chi connectivity index (χ0) is 16.4. The van der Waals surface area contributed by atoms with E-state index in [1.165, 1.54) is 12.1 Å². The Morgan fingerprint density at radius 1 is 1.04 bits per heavy atom. The molecule has 0 N–H and O–H groups in total. The second-order valence-electron chi connectivity index (χ2n) is 5.54. The monoisotopic (exact) mass is 311 g/mol. The topological polar surface area (TPSA) is 66.7 Å². The highest BCUT2D eigenvalue weighted by atomic mass is 16.6. The first-order valence-electron chi connectivity index (χ1n) is 7.48. The number of carbonyl (C=O) groups excluding carboxylic acids is 1. The lowest BCUT2D eigenvalue weighted by atomic mass is 10.2. The molecule has 0 aromatic heterocycles. The predicted molar refractivity (Wildman–Crippen MR) is 87.4 cm³/mol. The quantitative estimate of drug-likeness (QED) is 0.639. The molecule has 2 aromatic carbocycles. The van der Waals surface area contributed by atoms with E-state index in [9.17, 15) is 14.9 Å². The number of non-ortho nitro benzene ring substituents is 1. The number of benzene rings is 2. The molecule has 0 saturated carbocycles. The van der Waals surface area contributed by atoms with E-state index < -0.39 is 4.92 Å². The van der Waals surface area contributed by atoms with Gasteiger partial charge in [0.1, 0.15) is 0 Å². The van der Waals surface area contributed by atoms with Gasteiger partial charge in [-0.25, -0.2) is 5.01 Å². The molecule has 0 bridgehead atoms. The minimum atomic E-state index is -0.430. The summed E-state index contributed by atoms with van der Waals surface area (Å²) in [5.41, 5.74) is 2.75. The van der Waals surface area contributed by atoms with Crippen molar-refractivity contribution in [1.82, 2.24) is 5.01 Å². The lowest BCUT2D eigenvalue weighted by molar-refractivity contribution is -0.384. The number of hydrogen-bond acceptors (Lipinski definition) is 4. The molecular weight excluding hydrogens is 294 g/mol. The second-order valence-corrected chi connectivity index (χ2v) is 5.54. The van der Waals surface area contributed by atoms with E-state index in [-0.39, 0.29) is 11.6 Å². The summed E-state index contributed by atoms with van der Waals surface area (Å²) in [6, 6.07) is 14.1. The van der Waals surface area contributed by atoms with Crippen molar-refractivity contribution in [2.24, 2.45) is 0 Å². The molecule has 1 aliphatic rings. The Morgan fingerprint density at radius 3 is 2.09 bits per heavy atom. The summed E-state index contributed by atoms with van der Waals surface area (Å²) < 4.78 is 0. The standard InChI is InChI=1S/C17H17N3O3/c1-13-4-6-14(7-5-13)19(18-12-2-3-17(18)21)15-8-10-16(11-9-15)20(22)23/h4-11H,2-3,12H2,1H3. The molecular formula is C17H17N3O3. The Hall–Kier alpha value is -2.89. The number of amides is 1. The molecule has 6 heteroatoms. The highest BCUT2D eigenvalue weighted by molar-refractivity contribution is 5.82. The molecule has 0 radical (unpaired) electrons. The smallest absolute Gasteiger partial charge is 0.269 e. The van der Waals surface area contributed by atoms with Gasteiger partial charge in [-0.2, -0.15) is 0 Å². The minimum Gasteiger partial charge on any atom is -0.273 e. The highest BCUT2D eigenvalue weighted by Crippen LogP contribution is 2.31. The molecule has 23 heavy (non-hydrogen) atoms. The third kappa shape index (κ3) is 3.01. The van der Waals surface area contributed by atoms with Gasteiger partial charge in [-0.05, 0) is 37.6 Å². The van der Waals surface area contributed by atoms with Crippen LogP contribution in [0.1, 0.15) is 18.4 Å². The van der Waals surface area contributed by atoms with E-state index in [4.69, 9.17) is 0 Å². The normalized spacial score (nSPS) is 14.1. The van der Waals surface area contributed by atoms with Crippen molar-refractivity contribution in [1.29, 1.82) is 0 Å². The molecule has 0 unspecified atom stereocenters. The molecule has 1 heterocycles. The van der Waals surface area contributed by atoms with Crippen molar-refractivity contribution < 1.29 is 9.72 Å². The van der Waals surface area contributed by atoms with Crippen LogP contribution in [0.15, 0.2) is 48.5 Å². The van der Waals surface area contributed by atoms with Crippen LogP contribution >= 0.6 is 0 Å². The molecule has 3 rings (SSSR count). The van der Waals surface area contributed by atoms with Crippen LogP contribution in [0.3, 0.4) is 0 Å². The molecule has 1 amide bonds. The second kappa shape index (κ2) is 6.08. The molecule has 1 aliphatic heterocycles. The van der Waals surface area contributed by atoms with Gasteiger partial charge in [-0.3, -0.25) is 19.9 Å². The third-order valence-corrected chi connectivity index (χ3v) is 3.87. The van der Waals surface area contributed by atoms with E-state index in [0.717, 1.165) is 23.4 Å². The number of aryl methyl sites for hydroxylation is 1. The van der Waals surface area contributed by atoms with Gasteiger partial charge >= 0.3 is 0 Å². The fourth-order valence-corrected chi connectivity index (χ4v) is 2.67. The molecule has 2 aromatic rings. The SMILES string of the molecule is Cc1ccc(N(c2ccc([N+](=O)[O-])cc2)N2CCCC2=O)cc1. The van der Waals surface area contributed by atoms with Crippen LogP contribution in [-0.2, 0) is 4.79 Å². The fourth-order valence-electron chi connectivity index (χ4n) is 2.67. The summed E-state index contributed by atoms with van der Waals surface area (Å²) in [5.74, 6) is 0.0592. The summed E-state index contributed by atoms with van der Waals surface area (Å²) in [4.78, 5) is 22.6. The molecule has 118 valence electrons. The van der Waals surface area contributed by atoms with Crippen molar-refractivity contribution in [2.75, 3.05) is 11.6 Å². The van der Waals surface area contributed by atoms with E-state index in [0.29, 0.717) is 13.0 Å². The van der Waals surface area contributed by atoms with Crippen molar-refractivity contribution >= 4 is 23.0 Å². The number of hydrazine groups is 1. The van der Waals surface area contributed by atoms with Gasteiger partial charge in [-0.1, -0.05) is 17.7 Å². The van der Waals surface area contributed by atoms with Gasteiger partial charge < -0.3 is 0 Å². The number of nitro groups is 1. The maximum absolute atomic E-state index is 12.2. The summed E-state index contributed by atoms with van der Waals surface area (Å²) in [6.07, 6.45) is 1.34. The van der Waals surface area contributed by atoms with Gasteiger partial charge in [0.2, 0.25) is 5.91 Å². The van der Waals surface area contributed by atoms with Gasteiger partial charge in [0, 0.05) is 25.1 Å². The molecule has 1 fully saturated rings. The van der Waals surface area contributed by atoms with E-state index in [1.54, 1.807) is 17.1 Å².